The molecule has 0 aliphatic heterocycles. The topological polar surface area (TPSA) is 27.7 Å². The highest BCUT2D eigenvalue weighted by molar-refractivity contribution is 9.09. The number of hydrogen-bond acceptors (Lipinski definition) is 3. The van der Waals surface area contributed by atoms with Crippen molar-refractivity contribution in [2.24, 2.45) is 5.92 Å². The third kappa shape index (κ3) is 3.67. The fraction of sp³-hybridized carbons (Fsp3) is 0.625. The molecule has 0 heterocycles. The molecule has 1 atom stereocenters. The molecule has 0 amide bonds. The van der Waals surface area contributed by atoms with Crippen LogP contribution < -0.4 is 9.47 Å². The van der Waals surface area contributed by atoms with E-state index in [0.717, 1.165) is 30.4 Å². The SMILES string of the molecule is CCOC1CC(CC(Br)c2ccc(OC)c(OC)c2)C1. The highest BCUT2D eigenvalue weighted by Crippen LogP contribution is 2.41. The standard InChI is InChI=1S/C16H23BrO3/c1-4-20-13-7-11(8-13)9-14(17)12-5-6-15(18-2)16(10-12)19-3/h5-6,10-11,13-14H,4,7-9H2,1-3H3. The van der Waals surface area contributed by atoms with E-state index in [1.165, 1.54) is 18.4 Å². The molecule has 0 N–H and O–H groups in total. The van der Waals surface area contributed by atoms with Gasteiger partial charge in [0.25, 0.3) is 0 Å². The summed E-state index contributed by atoms with van der Waals surface area (Å²) in [5.74, 6) is 2.32. The van der Waals surface area contributed by atoms with Gasteiger partial charge in [0.05, 0.1) is 20.3 Å². The first-order chi connectivity index (χ1) is 9.67. The maximum absolute atomic E-state index is 5.61. The number of rotatable bonds is 7. The summed E-state index contributed by atoms with van der Waals surface area (Å²) >= 11 is 3.79. The number of benzene rings is 1. The van der Waals surface area contributed by atoms with Gasteiger partial charge in [-0.05, 0) is 49.8 Å². The molecule has 1 aromatic carbocycles. The molecule has 1 aliphatic carbocycles. The van der Waals surface area contributed by atoms with E-state index < -0.39 is 0 Å². The number of ether oxygens (including phenoxy) is 3. The molecule has 3 nitrogen and oxygen atoms in total. The highest BCUT2D eigenvalue weighted by Gasteiger charge is 2.31. The zero-order chi connectivity index (χ0) is 14.5. The number of alkyl halides is 1. The Morgan fingerprint density at radius 1 is 1.20 bits per heavy atom. The number of halogens is 1. The Kier molecular flexibility index (Phi) is 5.73. The highest BCUT2D eigenvalue weighted by atomic mass is 79.9. The lowest BCUT2D eigenvalue weighted by Gasteiger charge is -2.36. The molecule has 0 saturated heterocycles. The van der Waals surface area contributed by atoms with Gasteiger partial charge in [-0.2, -0.15) is 0 Å². The van der Waals surface area contributed by atoms with Crippen LogP contribution in [0.2, 0.25) is 0 Å². The molecule has 1 saturated carbocycles. The minimum absolute atomic E-state index is 0.356. The summed E-state index contributed by atoms with van der Waals surface area (Å²) in [4.78, 5) is 0.356. The molecule has 0 aromatic heterocycles. The molecule has 2 rings (SSSR count). The summed E-state index contributed by atoms with van der Waals surface area (Å²) < 4.78 is 16.2. The van der Waals surface area contributed by atoms with Crippen LogP contribution in [-0.4, -0.2) is 26.9 Å². The second kappa shape index (κ2) is 7.32. The van der Waals surface area contributed by atoms with Crippen molar-refractivity contribution < 1.29 is 14.2 Å². The van der Waals surface area contributed by atoms with E-state index in [-0.39, 0.29) is 0 Å². The molecule has 1 fully saturated rings. The predicted octanol–water partition coefficient (Wildman–Crippen LogP) is 4.35. The maximum atomic E-state index is 5.61. The van der Waals surface area contributed by atoms with Crippen LogP contribution >= 0.6 is 15.9 Å². The van der Waals surface area contributed by atoms with E-state index in [1.54, 1.807) is 14.2 Å². The van der Waals surface area contributed by atoms with Gasteiger partial charge in [0.15, 0.2) is 11.5 Å². The Hall–Kier alpha value is -0.740. The molecule has 4 heteroatoms. The first-order valence-electron chi connectivity index (χ1n) is 7.15. The quantitative estimate of drug-likeness (QED) is 0.689. The van der Waals surface area contributed by atoms with Crippen LogP contribution in [0.4, 0.5) is 0 Å². The van der Waals surface area contributed by atoms with Gasteiger partial charge in [-0.3, -0.25) is 0 Å². The minimum Gasteiger partial charge on any atom is -0.493 e. The predicted molar refractivity (Wildman–Crippen MR) is 84.0 cm³/mol. The van der Waals surface area contributed by atoms with Gasteiger partial charge in [-0.15, -0.1) is 0 Å². The fourth-order valence-electron chi connectivity index (χ4n) is 2.72. The molecule has 1 aromatic rings. The summed E-state index contributed by atoms with van der Waals surface area (Å²) in [5.41, 5.74) is 1.24. The van der Waals surface area contributed by atoms with Crippen LogP contribution in [0.1, 0.15) is 36.6 Å². The van der Waals surface area contributed by atoms with E-state index in [2.05, 4.69) is 35.0 Å². The van der Waals surface area contributed by atoms with Crippen molar-refractivity contribution >= 4 is 15.9 Å². The zero-order valence-corrected chi connectivity index (χ0v) is 14.0. The fourth-order valence-corrected chi connectivity index (χ4v) is 3.53. The van der Waals surface area contributed by atoms with Gasteiger partial charge in [-0.1, -0.05) is 22.0 Å². The van der Waals surface area contributed by atoms with Crippen molar-refractivity contribution in [3.05, 3.63) is 23.8 Å². The van der Waals surface area contributed by atoms with Gasteiger partial charge in [0.2, 0.25) is 0 Å². The lowest BCUT2D eigenvalue weighted by atomic mass is 9.78. The molecule has 0 spiro atoms. The van der Waals surface area contributed by atoms with Crippen LogP contribution in [0, 0.1) is 5.92 Å². The Morgan fingerprint density at radius 2 is 1.90 bits per heavy atom. The molecule has 1 aliphatic rings. The summed E-state index contributed by atoms with van der Waals surface area (Å²) in [7, 11) is 3.33. The lowest BCUT2D eigenvalue weighted by molar-refractivity contribution is -0.0264. The van der Waals surface area contributed by atoms with Crippen molar-refractivity contribution in [2.75, 3.05) is 20.8 Å². The molecule has 0 bridgehead atoms. The van der Waals surface area contributed by atoms with E-state index in [0.29, 0.717) is 10.9 Å². The summed E-state index contributed by atoms with van der Waals surface area (Å²) in [5, 5.41) is 0. The Bertz CT molecular complexity index is 430. The van der Waals surface area contributed by atoms with E-state index in [4.69, 9.17) is 14.2 Å². The molecule has 112 valence electrons. The largest absolute Gasteiger partial charge is 0.493 e. The van der Waals surface area contributed by atoms with Crippen LogP contribution in [0.15, 0.2) is 18.2 Å². The monoisotopic (exact) mass is 342 g/mol. The van der Waals surface area contributed by atoms with Crippen LogP contribution in [-0.2, 0) is 4.74 Å². The molecular weight excluding hydrogens is 320 g/mol. The third-order valence-electron chi connectivity index (χ3n) is 3.90. The van der Waals surface area contributed by atoms with Crippen molar-refractivity contribution in [1.82, 2.24) is 0 Å². The van der Waals surface area contributed by atoms with Gasteiger partial charge >= 0.3 is 0 Å². The second-order valence-corrected chi connectivity index (χ2v) is 6.34. The lowest BCUT2D eigenvalue weighted by Crippen LogP contribution is -2.31. The third-order valence-corrected chi connectivity index (χ3v) is 4.81. The number of hydrogen-bond donors (Lipinski definition) is 0. The van der Waals surface area contributed by atoms with E-state index in [1.807, 2.05) is 6.07 Å². The maximum Gasteiger partial charge on any atom is 0.161 e. The summed E-state index contributed by atoms with van der Waals surface area (Å²) in [6.45, 7) is 2.88. The van der Waals surface area contributed by atoms with Gasteiger partial charge < -0.3 is 14.2 Å². The van der Waals surface area contributed by atoms with Crippen molar-refractivity contribution in [3.8, 4) is 11.5 Å². The van der Waals surface area contributed by atoms with Crippen LogP contribution in [0.25, 0.3) is 0 Å². The first kappa shape index (κ1) is 15.6. The van der Waals surface area contributed by atoms with Crippen molar-refractivity contribution in [2.45, 2.75) is 37.1 Å². The Morgan fingerprint density at radius 3 is 2.50 bits per heavy atom. The summed E-state index contributed by atoms with van der Waals surface area (Å²) in [6.07, 6.45) is 3.99. The average Bonchev–Trinajstić information content (AvgIpc) is 2.44. The van der Waals surface area contributed by atoms with Gasteiger partial charge in [-0.25, -0.2) is 0 Å². The first-order valence-corrected chi connectivity index (χ1v) is 8.07. The Balaban J connectivity index is 1.91. The molecule has 0 radical (unpaired) electrons. The Labute approximate surface area is 129 Å². The second-order valence-electron chi connectivity index (χ2n) is 5.23. The average molecular weight is 343 g/mol. The normalized spacial score (nSPS) is 23.0. The van der Waals surface area contributed by atoms with Crippen LogP contribution in [0.5, 0.6) is 11.5 Å². The molecule has 1 unspecified atom stereocenters. The van der Waals surface area contributed by atoms with E-state index >= 15 is 0 Å². The minimum atomic E-state index is 0.356. The van der Waals surface area contributed by atoms with Crippen LogP contribution in [0.3, 0.4) is 0 Å². The summed E-state index contributed by atoms with van der Waals surface area (Å²) in [6, 6.07) is 6.11. The smallest absolute Gasteiger partial charge is 0.161 e. The van der Waals surface area contributed by atoms with Crippen molar-refractivity contribution in [1.29, 1.82) is 0 Å². The zero-order valence-electron chi connectivity index (χ0n) is 12.4. The molecular formula is C16H23BrO3. The van der Waals surface area contributed by atoms with Gasteiger partial charge in [0, 0.05) is 11.4 Å². The number of methoxy groups -OCH3 is 2. The van der Waals surface area contributed by atoms with Crippen molar-refractivity contribution in [3.63, 3.8) is 0 Å². The molecule has 20 heavy (non-hydrogen) atoms. The van der Waals surface area contributed by atoms with E-state index in [9.17, 15) is 0 Å². The van der Waals surface area contributed by atoms with Gasteiger partial charge in [0.1, 0.15) is 0 Å².